The summed E-state index contributed by atoms with van der Waals surface area (Å²) in [6.07, 6.45) is 2.47. The van der Waals surface area contributed by atoms with Gasteiger partial charge in [0.15, 0.2) is 5.82 Å². The number of hydroxylamine groups is 1. The number of likely N-dealkylation sites (N-methyl/N-ethyl adjacent to an activating group) is 1. The van der Waals surface area contributed by atoms with E-state index >= 15 is 0 Å². The topological polar surface area (TPSA) is 62.8 Å². The predicted molar refractivity (Wildman–Crippen MR) is 142 cm³/mol. The van der Waals surface area contributed by atoms with E-state index in [2.05, 4.69) is 67.2 Å². The van der Waals surface area contributed by atoms with Crippen molar-refractivity contribution in [2.45, 2.75) is 40.2 Å². The number of nitrogens with one attached hydrogen (secondary N) is 1. The number of aromatic nitrogens is 2. The van der Waals surface area contributed by atoms with Crippen LogP contribution in [0.1, 0.15) is 43.0 Å². The lowest BCUT2D eigenvalue weighted by molar-refractivity contribution is 0.157. The van der Waals surface area contributed by atoms with Crippen molar-refractivity contribution in [2.75, 3.05) is 43.2 Å². The summed E-state index contributed by atoms with van der Waals surface area (Å²) >= 11 is 6.50. The highest BCUT2D eigenvalue weighted by Gasteiger charge is 2.30. The molecule has 1 atom stereocenters. The fourth-order valence-corrected chi connectivity index (χ4v) is 4.60. The Morgan fingerprint density at radius 1 is 1.14 bits per heavy atom. The molecule has 1 N–H and O–H groups in total. The van der Waals surface area contributed by atoms with Gasteiger partial charge in [-0.3, -0.25) is 4.84 Å². The molecule has 0 unspecified atom stereocenters. The molecule has 0 saturated carbocycles. The van der Waals surface area contributed by atoms with Gasteiger partial charge in [0.25, 0.3) is 0 Å². The monoisotopic (exact) mass is 495 g/mol. The van der Waals surface area contributed by atoms with Crippen LogP contribution in [0.25, 0.3) is 0 Å². The number of aryl methyl sites for hydroxylation is 2. The second-order valence-corrected chi connectivity index (χ2v) is 9.09. The van der Waals surface area contributed by atoms with Crippen molar-refractivity contribution < 1.29 is 9.57 Å². The lowest BCUT2D eigenvalue weighted by atomic mass is 10.0. The largest absolute Gasteiger partial charge is 0.492 e. The van der Waals surface area contributed by atoms with Crippen LogP contribution in [0.4, 0.5) is 17.5 Å². The summed E-state index contributed by atoms with van der Waals surface area (Å²) < 4.78 is 6.12. The van der Waals surface area contributed by atoms with Gasteiger partial charge in [0.2, 0.25) is 5.95 Å². The Morgan fingerprint density at radius 3 is 2.54 bits per heavy atom. The van der Waals surface area contributed by atoms with Crippen molar-refractivity contribution in [3.63, 3.8) is 0 Å². The minimum absolute atomic E-state index is 0.0497. The third-order valence-corrected chi connectivity index (χ3v) is 6.55. The molecule has 0 bridgehead atoms. The van der Waals surface area contributed by atoms with Gasteiger partial charge in [-0.25, -0.2) is 10.0 Å². The number of benzene rings is 2. The van der Waals surface area contributed by atoms with Crippen LogP contribution < -0.4 is 15.1 Å². The van der Waals surface area contributed by atoms with E-state index < -0.39 is 0 Å². The van der Waals surface area contributed by atoms with Crippen molar-refractivity contribution in [1.29, 1.82) is 0 Å². The van der Waals surface area contributed by atoms with Gasteiger partial charge in [-0.1, -0.05) is 55.8 Å². The highest BCUT2D eigenvalue weighted by atomic mass is 35.5. The van der Waals surface area contributed by atoms with E-state index in [0.29, 0.717) is 30.0 Å². The first-order chi connectivity index (χ1) is 17.0. The molecule has 7 nitrogen and oxygen atoms in total. The van der Waals surface area contributed by atoms with Gasteiger partial charge < -0.3 is 15.0 Å². The molecule has 2 heterocycles. The second kappa shape index (κ2) is 11.7. The van der Waals surface area contributed by atoms with Crippen LogP contribution in [0.15, 0.2) is 48.7 Å². The Balaban J connectivity index is 1.49. The quantitative estimate of drug-likeness (QED) is 0.365. The highest BCUT2D eigenvalue weighted by molar-refractivity contribution is 6.32. The van der Waals surface area contributed by atoms with E-state index in [1.165, 1.54) is 0 Å². The van der Waals surface area contributed by atoms with E-state index in [1.54, 1.807) is 11.3 Å². The summed E-state index contributed by atoms with van der Waals surface area (Å²) in [5.41, 5.74) is 4.19. The summed E-state index contributed by atoms with van der Waals surface area (Å²) in [5.74, 6) is 1.94. The minimum Gasteiger partial charge on any atom is -0.492 e. The molecule has 35 heavy (non-hydrogen) atoms. The van der Waals surface area contributed by atoms with Crippen molar-refractivity contribution in [2.24, 2.45) is 0 Å². The molecule has 0 aliphatic carbocycles. The zero-order valence-corrected chi connectivity index (χ0v) is 21.7. The average Bonchev–Trinajstić information content (AvgIpc) is 3.35. The highest BCUT2D eigenvalue weighted by Crippen LogP contribution is 2.37. The summed E-state index contributed by atoms with van der Waals surface area (Å²) in [6, 6.07) is 14.4. The third-order valence-electron chi connectivity index (χ3n) is 6.29. The Morgan fingerprint density at radius 2 is 1.86 bits per heavy atom. The number of hydrogen-bond acceptors (Lipinski definition) is 7. The number of ether oxygens (including phenoxy) is 1. The summed E-state index contributed by atoms with van der Waals surface area (Å²) in [6.45, 7) is 12.7. The Kier molecular flexibility index (Phi) is 8.44. The Bertz CT molecular complexity index is 1100. The maximum Gasteiger partial charge on any atom is 0.229 e. The van der Waals surface area contributed by atoms with Crippen molar-refractivity contribution in [1.82, 2.24) is 14.9 Å². The van der Waals surface area contributed by atoms with E-state index in [-0.39, 0.29) is 6.04 Å². The molecule has 3 aromatic rings. The molecule has 1 aliphatic rings. The van der Waals surface area contributed by atoms with Crippen LogP contribution in [-0.2, 0) is 4.84 Å². The Labute approximate surface area is 213 Å². The molecule has 1 aliphatic heterocycles. The van der Waals surface area contributed by atoms with Gasteiger partial charge in [-0.2, -0.15) is 4.98 Å². The summed E-state index contributed by atoms with van der Waals surface area (Å²) in [7, 11) is 0. The van der Waals surface area contributed by atoms with Gasteiger partial charge >= 0.3 is 0 Å². The number of hydrogen-bond donors (Lipinski definition) is 1. The van der Waals surface area contributed by atoms with Gasteiger partial charge in [0, 0.05) is 18.7 Å². The minimum atomic E-state index is 0.0497. The lowest BCUT2D eigenvalue weighted by Crippen LogP contribution is -2.28. The maximum absolute atomic E-state index is 6.50. The lowest BCUT2D eigenvalue weighted by Gasteiger charge is -2.24. The van der Waals surface area contributed by atoms with E-state index in [9.17, 15) is 0 Å². The average molecular weight is 496 g/mol. The zero-order chi connectivity index (χ0) is 24.8. The zero-order valence-electron chi connectivity index (χ0n) is 20.9. The number of rotatable bonds is 10. The van der Waals surface area contributed by atoms with E-state index in [4.69, 9.17) is 26.2 Å². The molecule has 0 spiro atoms. The molecule has 1 saturated heterocycles. The standard InChI is InChI=1S/C27H34ClN5O2/c1-5-32(6-2)13-15-34-25-19(3)16-22(17-20(25)4)30-27-29-18-23(28)26(31-27)33-24(12-14-35-33)21-10-8-7-9-11-21/h7-11,16-18,24H,5-6,12-15H2,1-4H3,(H,29,30,31)/t24-/m0/s1. The van der Waals surface area contributed by atoms with Crippen LogP contribution in [0.3, 0.4) is 0 Å². The first-order valence-electron chi connectivity index (χ1n) is 12.2. The van der Waals surface area contributed by atoms with Gasteiger partial charge in [0.05, 0.1) is 18.8 Å². The van der Waals surface area contributed by atoms with Crippen LogP contribution in [0.2, 0.25) is 5.02 Å². The molecule has 1 aromatic heterocycles. The molecular weight excluding hydrogens is 462 g/mol. The first kappa shape index (κ1) is 25.2. The third kappa shape index (κ3) is 6.04. The van der Waals surface area contributed by atoms with Gasteiger partial charge in [-0.15, -0.1) is 0 Å². The normalized spacial score (nSPS) is 15.6. The molecular formula is C27H34ClN5O2. The summed E-state index contributed by atoms with van der Waals surface area (Å²) in [4.78, 5) is 17.4. The molecule has 1 fully saturated rings. The van der Waals surface area contributed by atoms with E-state index in [1.807, 2.05) is 18.2 Å². The fraction of sp³-hybridized carbons (Fsp3) is 0.407. The molecule has 0 amide bonds. The molecule has 2 aromatic carbocycles. The van der Waals surface area contributed by atoms with Crippen LogP contribution in [0.5, 0.6) is 5.75 Å². The number of halogens is 1. The van der Waals surface area contributed by atoms with Crippen molar-refractivity contribution in [3.05, 3.63) is 70.4 Å². The smallest absolute Gasteiger partial charge is 0.229 e. The number of nitrogens with zero attached hydrogens (tertiary/aromatic N) is 4. The van der Waals surface area contributed by atoms with Crippen LogP contribution >= 0.6 is 11.6 Å². The molecule has 8 heteroatoms. The second-order valence-electron chi connectivity index (χ2n) is 8.68. The predicted octanol–water partition coefficient (Wildman–Crippen LogP) is 6.09. The Hall–Kier alpha value is -2.87. The molecule has 4 rings (SSSR count). The first-order valence-corrected chi connectivity index (χ1v) is 12.6. The molecule has 186 valence electrons. The maximum atomic E-state index is 6.50. The van der Waals surface area contributed by atoms with Gasteiger partial charge in [-0.05, 0) is 55.8 Å². The van der Waals surface area contributed by atoms with Crippen LogP contribution in [-0.4, -0.2) is 47.7 Å². The van der Waals surface area contributed by atoms with Crippen molar-refractivity contribution >= 4 is 29.1 Å². The summed E-state index contributed by atoms with van der Waals surface area (Å²) in [5, 5.41) is 5.57. The van der Waals surface area contributed by atoms with Crippen LogP contribution in [0, 0.1) is 13.8 Å². The fourth-order valence-electron chi connectivity index (χ4n) is 4.42. The van der Waals surface area contributed by atoms with Gasteiger partial charge in [0.1, 0.15) is 17.4 Å². The van der Waals surface area contributed by atoms with Crippen molar-refractivity contribution in [3.8, 4) is 5.75 Å². The SMILES string of the molecule is CCN(CC)CCOc1c(C)cc(Nc2ncc(Cl)c(N3OCC[C@H]3c3ccccc3)n2)cc1C. The van der Waals surface area contributed by atoms with E-state index in [0.717, 1.165) is 54.2 Å². The molecule has 0 radical (unpaired) electrons. The number of anilines is 3.